The summed E-state index contributed by atoms with van der Waals surface area (Å²) in [4.78, 5) is 18.3. The SMILES string of the molecule is CCCCCCC(=O)c1nc(-c2ccc(Cl)cc2Cl)c(-c2ccccc2)s1. The maximum Gasteiger partial charge on any atom is 0.191 e. The lowest BCUT2D eigenvalue weighted by Crippen LogP contribution is -1.98. The summed E-state index contributed by atoms with van der Waals surface area (Å²) in [5.74, 6) is 0.102. The van der Waals surface area contributed by atoms with Gasteiger partial charge in [-0.2, -0.15) is 0 Å². The van der Waals surface area contributed by atoms with Gasteiger partial charge in [0.05, 0.1) is 15.6 Å². The molecule has 0 saturated carbocycles. The predicted molar refractivity (Wildman–Crippen MR) is 116 cm³/mol. The molecule has 0 N–H and O–H groups in total. The topological polar surface area (TPSA) is 30.0 Å². The molecule has 140 valence electrons. The van der Waals surface area contributed by atoms with Crippen LogP contribution in [0.3, 0.4) is 0 Å². The largest absolute Gasteiger partial charge is 0.292 e. The van der Waals surface area contributed by atoms with Crippen molar-refractivity contribution in [1.82, 2.24) is 4.98 Å². The van der Waals surface area contributed by atoms with Crippen LogP contribution in [0.25, 0.3) is 21.7 Å². The van der Waals surface area contributed by atoms with Crippen molar-refractivity contribution in [3.05, 3.63) is 63.6 Å². The van der Waals surface area contributed by atoms with Gasteiger partial charge in [-0.15, -0.1) is 11.3 Å². The maximum atomic E-state index is 12.7. The fraction of sp³-hybridized carbons (Fsp3) is 0.273. The summed E-state index contributed by atoms with van der Waals surface area (Å²) in [6.45, 7) is 2.16. The Balaban J connectivity index is 1.98. The number of nitrogens with zero attached hydrogens (tertiary/aromatic N) is 1. The number of thiazole rings is 1. The number of unbranched alkanes of at least 4 members (excludes halogenated alkanes) is 3. The molecule has 2 aromatic carbocycles. The predicted octanol–water partition coefficient (Wildman–Crippen LogP) is 7.94. The van der Waals surface area contributed by atoms with Gasteiger partial charge in [0.15, 0.2) is 10.8 Å². The minimum absolute atomic E-state index is 0.102. The van der Waals surface area contributed by atoms with Gasteiger partial charge in [-0.25, -0.2) is 4.98 Å². The van der Waals surface area contributed by atoms with Gasteiger partial charge in [0.2, 0.25) is 0 Å². The Bertz CT molecular complexity index is 921. The summed E-state index contributed by atoms with van der Waals surface area (Å²) in [7, 11) is 0. The maximum absolute atomic E-state index is 12.7. The third-order valence-electron chi connectivity index (χ3n) is 4.35. The Hall–Kier alpha value is -1.68. The van der Waals surface area contributed by atoms with Crippen LogP contribution in [0.5, 0.6) is 0 Å². The standard InChI is InChI=1S/C22H21Cl2NOS/c1-2-3-4-8-11-19(26)22-25-20(17-13-12-16(23)14-18(17)24)21(27-22)15-9-6-5-7-10-15/h5-7,9-10,12-14H,2-4,8,11H2,1H3. The van der Waals surface area contributed by atoms with Crippen LogP contribution in [0.1, 0.15) is 48.8 Å². The molecule has 1 aromatic heterocycles. The smallest absolute Gasteiger partial charge is 0.191 e. The van der Waals surface area contributed by atoms with E-state index in [1.165, 1.54) is 11.3 Å². The fourth-order valence-electron chi connectivity index (χ4n) is 2.91. The van der Waals surface area contributed by atoms with Crippen LogP contribution in [-0.4, -0.2) is 10.8 Å². The zero-order valence-electron chi connectivity index (χ0n) is 15.2. The van der Waals surface area contributed by atoms with Gasteiger partial charge in [0, 0.05) is 17.0 Å². The summed E-state index contributed by atoms with van der Waals surface area (Å²) in [5.41, 5.74) is 2.56. The molecule has 0 aliphatic rings. The van der Waals surface area contributed by atoms with E-state index < -0.39 is 0 Å². The molecule has 0 spiro atoms. The average molecular weight is 418 g/mol. The number of ketones is 1. The number of carbonyl (C=O) groups excluding carboxylic acids is 1. The van der Waals surface area contributed by atoms with Crippen LogP contribution < -0.4 is 0 Å². The monoisotopic (exact) mass is 417 g/mol. The van der Waals surface area contributed by atoms with E-state index >= 15 is 0 Å². The zero-order chi connectivity index (χ0) is 19.2. The number of halogens is 2. The lowest BCUT2D eigenvalue weighted by Gasteiger charge is -2.05. The van der Waals surface area contributed by atoms with Crippen molar-refractivity contribution in [2.45, 2.75) is 39.0 Å². The Morgan fingerprint density at radius 2 is 1.81 bits per heavy atom. The second kappa shape index (κ2) is 9.50. The van der Waals surface area contributed by atoms with Crippen LogP contribution in [0.2, 0.25) is 10.0 Å². The minimum atomic E-state index is 0.102. The first kappa shape index (κ1) is 20.1. The van der Waals surface area contributed by atoms with Crippen molar-refractivity contribution in [3.63, 3.8) is 0 Å². The van der Waals surface area contributed by atoms with Crippen molar-refractivity contribution in [3.8, 4) is 21.7 Å². The number of hydrogen-bond acceptors (Lipinski definition) is 3. The summed E-state index contributed by atoms with van der Waals surface area (Å²) in [5, 5.41) is 1.66. The molecule has 0 aliphatic carbocycles. The van der Waals surface area contributed by atoms with Gasteiger partial charge in [-0.3, -0.25) is 4.79 Å². The number of benzene rings is 2. The van der Waals surface area contributed by atoms with E-state index in [2.05, 4.69) is 11.9 Å². The number of rotatable bonds is 8. The highest BCUT2D eigenvalue weighted by Crippen LogP contribution is 2.40. The molecule has 3 aromatic rings. The molecule has 5 heteroatoms. The first-order valence-electron chi connectivity index (χ1n) is 9.15. The van der Waals surface area contributed by atoms with Crippen LogP contribution in [-0.2, 0) is 0 Å². The Labute approximate surface area is 174 Å². The molecular weight excluding hydrogens is 397 g/mol. The van der Waals surface area contributed by atoms with Gasteiger partial charge >= 0.3 is 0 Å². The van der Waals surface area contributed by atoms with E-state index in [9.17, 15) is 4.79 Å². The van der Waals surface area contributed by atoms with Crippen molar-refractivity contribution < 1.29 is 4.79 Å². The van der Waals surface area contributed by atoms with Gasteiger partial charge < -0.3 is 0 Å². The molecule has 1 heterocycles. The van der Waals surface area contributed by atoms with Crippen molar-refractivity contribution in [2.24, 2.45) is 0 Å². The summed E-state index contributed by atoms with van der Waals surface area (Å²) >= 11 is 13.9. The van der Waals surface area contributed by atoms with Gasteiger partial charge in [0.25, 0.3) is 0 Å². The van der Waals surface area contributed by atoms with E-state index in [0.29, 0.717) is 21.5 Å². The molecule has 0 amide bonds. The van der Waals surface area contributed by atoms with Crippen molar-refractivity contribution in [1.29, 1.82) is 0 Å². The van der Waals surface area contributed by atoms with Crippen molar-refractivity contribution >= 4 is 40.3 Å². The van der Waals surface area contributed by atoms with E-state index in [4.69, 9.17) is 23.2 Å². The molecule has 0 unspecified atom stereocenters. The molecule has 0 radical (unpaired) electrons. The number of Topliss-reactive ketones (excluding diaryl/α,β-unsaturated/α-hetero) is 1. The normalized spacial score (nSPS) is 10.9. The molecule has 0 aliphatic heterocycles. The number of hydrogen-bond donors (Lipinski definition) is 0. The highest BCUT2D eigenvalue weighted by Gasteiger charge is 2.20. The molecule has 0 saturated heterocycles. The summed E-state index contributed by atoms with van der Waals surface area (Å²) in [6.07, 6.45) is 4.84. The average Bonchev–Trinajstić information content (AvgIpc) is 3.11. The Kier molecular flexibility index (Phi) is 7.06. The second-order valence-corrected chi connectivity index (χ2v) is 8.26. The molecule has 0 bridgehead atoms. The molecule has 27 heavy (non-hydrogen) atoms. The van der Waals surface area contributed by atoms with Gasteiger partial charge in [-0.05, 0) is 30.2 Å². The molecule has 0 fully saturated rings. The lowest BCUT2D eigenvalue weighted by molar-refractivity contribution is 0.0979. The number of carbonyl (C=O) groups is 1. The van der Waals surface area contributed by atoms with Gasteiger partial charge in [-0.1, -0.05) is 79.7 Å². The second-order valence-electron chi connectivity index (χ2n) is 6.42. The van der Waals surface area contributed by atoms with E-state index in [1.807, 2.05) is 36.4 Å². The Morgan fingerprint density at radius 1 is 1.04 bits per heavy atom. The van der Waals surface area contributed by atoms with E-state index in [0.717, 1.165) is 47.4 Å². The quantitative estimate of drug-likeness (QED) is 0.275. The molecule has 0 atom stereocenters. The molecule has 3 rings (SSSR count). The van der Waals surface area contributed by atoms with Crippen LogP contribution in [0.15, 0.2) is 48.5 Å². The Morgan fingerprint density at radius 3 is 2.52 bits per heavy atom. The van der Waals surface area contributed by atoms with Gasteiger partial charge in [0.1, 0.15) is 0 Å². The molecule has 2 nitrogen and oxygen atoms in total. The third-order valence-corrected chi connectivity index (χ3v) is 6.04. The zero-order valence-corrected chi connectivity index (χ0v) is 17.5. The van der Waals surface area contributed by atoms with Crippen LogP contribution >= 0.6 is 34.5 Å². The number of aromatic nitrogens is 1. The highest BCUT2D eigenvalue weighted by atomic mass is 35.5. The lowest BCUT2D eigenvalue weighted by atomic mass is 10.1. The minimum Gasteiger partial charge on any atom is -0.292 e. The highest BCUT2D eigenvalue weighted by molar-refractivity contribution is 7.17. The van der Waals surface area contributed by atoms with E-state index in [1.54, 1.807) is 12.1 Å². The van der Waals surface area contributed by atoms with E-state index in [-0.39, 0.29) is 5.78 Å². The van der Waals surface area contributed by atoms with Crippen LogP contribution in [0.4, 0.5) is 0 Å². The first-order valence-corrected chi connectivity index (χ1v) is 10.7. The summed E-state index contributed by atoms with van der Waals surface area (Å²) < 4.78 is 0. The first-order chi connectivity index (χ1) is 13.1. The van der Waals surface area contributed by atoms with Crippen LogP contribution in [0, 0.1) is 0 Å². The van der Waals surface area contributed by atoms with Crippen molar-refractivity contribution in [2.75, 3.05) is 0 Å². The summed E-state index contributed by atoms with van der Waals surface area (Å²) in [6, 6.07) is 15.3. The molecular formula is C22H21Cl2NOS. The fourth-order valence-corrected chi connectivity index (χ4v) is 4.46. The third kappa shape index (κ3) is 4.98.